The zero-order valence-corrected chi connectivity index (χ0v) is 17.5. The quantitative estimate of drug-likeness (QED) is 0.580. The third-order valence-corrected chi connectivity index (χ3v) is 5.05. The standard InChI is InChI=1S/C18H15Cl2F3N6O2/c1-2-3-31-16-11(19)4-9(6-25-16)26-17(30)28-8-10(18(21,22)23)15-12(28)7-24-14-5-13(20)27-29(14)15/h4-7,10H,2-3,8H2,1H3,(H,26,30). The third-order valence-electron chi connectivity index (χ3n) is 4.60. The van der Waals surface area contributed by atoms with E-state index in [1.165, 1.54) is 24.5 Å². The molecule has 0 bridgehead atoms. The minimum absolute atomic E-state index is 0.00387. The van der Waals surface area contributed by atoms with Crippen molar-refractivity contribution in [2.24, 2.45) is 0 Å². The minimum Gasteiger partial charge on any atom is -0.477 e. The van der Waals surface area contributed by atoms with Gasteiger partial charge in [-0.25, -0.2) is 19.3 Å². The molecule has 2 amide bonds. The molecule has 1 unspecified atom stereocenters. The summed E-state index contributed by atoms with van der Waals surface area (Å²) in [5, 5.41) is 6.56. The number of carbonyl (C=O) groups is 1. The Morgan fingerprint density at radius 2 is 2.06 bits per heavy atom. The van der Waals surface area contributed by atoms with Crippen molar-refractivity contribution in [1.29, 1.82) is 0 Å². The number of urea groups is 1. The van der Waals surface area contributed by atoms with E-state index in [9.17, 15) is 18.0 Å². The molecule has 1 aliphatic heterocycles. The Morgan fingerprint density at radius 1 is 1.29 bits per heavy atom. The smallest absolute Gasteiger partial charge is 0.399 e. The lowest BCUT2D eigenvalue weighted by Gasteiger charge is -2.19. The molecule has 31 heavy (non-hydrogen) atoms. The van der Waals surface area contributed by atoms with Gasteiger partial charge in [-0.3, -0.25) is 4.90 Å². The molecule has 3 aromatic rings. The van der Waals surface area contributed by atoms with Gasteiger partial charge in [0.2, 0.25) is 5.88 Å². The van der Waals surface area contributed by atoms with E-state index in [-0.39, 0.29) is 38.8 Å². The maximum absolute atomic E-state index is 13.7. The second-order valence-corrected chi connectivity index (χ2v) is 7.55. The molecule has 8 nitrogen and oxygen atoms in total. The number of alkyl halides is 3. The first-order valence-corrected chi connectivity index (χ1v) is 9.92. The zero-order valence-electron chi connectivity index (χ0n) is 16.0. The molecule has 13 heteroatoms. The second kappa shape index (κ2) is 8.04. The van der Waals surface area contributed by atoms with Gasteiger partial charge in [0.1, 0.15) is 10.9 Å². The van der Waals surface area contributed by atoms with E-state index in [0.717, 1.165) is 15.8 Å². The van der Waals surface area contributed by atoms with Gasteiger partial charge in [0.15, 0.2) is 10.8 Å². The SMILES string of the molecule is CCCOc1ncc(NC(=O)N2CC(C(F)(F)F)c3c2cnc2cc(Cl)nn32)cc1Cl. The number of nitrogens with one attached hydrogen (secondary N) is 1. The van der Waals surface area contributed by atoms with Crippen LogP contribution in [0.25, 0.3) is 5.65 Å². The van der Waals surface area contributed by atoms with E-state index in [2.05, 4.69) is 20.4 Å². The van der Waals surface area contributed by atoms with Crippen LogP contribution in [-0.2, 0) is 0 Å². The lowest BCUT2D eigenvalue weighted by Crippen LogP contribution is -2.36. The van der Waals surface area contributed by atoms with Crippen molar-refractivity contribution in [2.45, 2.75) is 25.4 Å². The largest absolute Gasteiger partial charge is 0.477 e. The summed E-state index contributed by atoms with van der Waals surface area (Å²) in [5.74, 6) is -1.76. The number of ether oxygens (including phenoxy) is 1. The summed E-state index contributed by atoms with van der Waals surface area (Å²) in [5.41, 5.74) is 0.124. The van der Waals surface area contributed by atoms with Crippen molar-refractivity contribution in [3.8, 4) is 5.88 Å². The Morgan fingerprint density at radius 3 is 2.74 bits per heavy atom. The van der Waals surface area contributed by atoms with Crippen LogP contribution in [0.4, 0.5) is 29.3 Å². The van der Waals surface area contributed by atoms with Crippen molar-refractivity contribution in [2.75, 3.05) is 23.4 Å². The Hall–Kier alpha value is -2.79. The molecule has 0 aromatic carbocycles. The Kier molecular flexibility index (Phi) is 5.56. The van der Waals surface area contributed by atoms with Gasteiger partial charge in [0.25, 0.3) is 0 Å². The molecular weight excluding hydrogens is 460 g/mol. The van der Waals surface area contributed by atoms with Crippen LogP contribution in [0.15, 0.2) is 24.5 Å². The van der Waals surface area contributed by atoms with E-state index in [1.807, 2.05) is 6.92 Å². The van der Waals surface area contributed by atoms with E-state index >= 15 is 0 Å². The Bertz CT molecular complexity index is 1150. The zero-order chi connectivity index (χ0) is 22.3. The van der Waals surface area contributed by atoms with Gasteiger partial charge in [-0.15, -0.1) is 0 Å². The molecule has 4 rings (SSSR count). The predicted octanol–water partition coefficient (Wildman–Crippen LogP) is 4.92. The van der Waals surface area contributed by atoms with Gasteiger partial charge >= 0.3 is 12.2 Å². The highest BCUT2D eigenvalue weighted by atomic mass is 35.5. The number of pyridine rings is 1. The molecule has 4 heterocycles. The summed E-state index contributed by atoms with van der Waals surface area (Å²) < 4.78 is 47.6. The number of aromatic nitrogens is 4. The van der Waals surface area contributed by atoms with Crippen LogP contribution in [0, 0.1) is 0 Å². The van der Waals surface area contributed by atoms with Gasteiger partial charge in [-0.1, -0.05) is 30.1 Å². The van der Waals surface area contributed by atoms with E-state index in [0.29, 0.717) is 6.61 Å². The number of nitrogens with zero attached hydrogens (tertiary/aromatic N) is 5. The summed E-state index contributed by atoms with van der Waals surface area (Å²) in [7, 11) is 0. The van der Waals surface area contributed by atoms with Crippen molar-refractivity contribution in [3.05, 3.63) is 40.4 Å². The molecule has 164 valence electrons. The normalized spacial score (nSPS) is 15.9. The highest BCUT2D eigenvalue weighted by Gasteiger charge is 2.50. The van der Waals surface area contributed by atoms with Crippen LogP contribution in [0.3, 0.4) is 0 Å². The maximum atomic E-state index is 13.7. The fourth-order valence-electron chi connectivity index (χ4n) is 3.26. The van der Waals surface area contributed by atoms with Crippen LogP contribution in [0.5, 0.6) is 5.88 Å². The molecule has 1 aliphatic rings. The summed E-state index contributed by atoms with van der Waals surface area (Å²) >= 11 is 11.9. The average Bonchev–Trinajstić information content (AvgIpc) is 3.27. The second-order valence-electron chi connectivity index (χ2n) is 6.76. The third kappa shape index (κ3) is 4.07. The van der Waals surface area contributed by atoms with Crippen LogP contribution >= 0.6 is 23.2 Å². The van der Waals surface area contributed by atoms with Crippen LogP contribution in [-0.4, -0.2) is 44.9 Å². The molecule has 0 radical (unpaired) electrons. The van der Waals surface area contributed by atoms with E-state index in [4.69, 9.17) is 27.9 Å². The molecule has 1 atom stereocenters. The van der Waals surface area contributed by atoms with Crippen LogP contribution < -0.4 is 15.0 Å². The maximum Gasteiger partial charge on any atom is 0.399 e. The number of halogens is 5. The van der Waals surface area contributed by atoms with Gasteiger partial charge < -0.3 is 10.1 Å². The topological polar surface area (TPSA) is 84.6 Å². The van der Waals surface area contributed by atoms with Gasteiger partial charge in [0, 0.05) is 12.6 Å². The molecule has 0 aliphatic carbocycles. The van der Waals surface area contributed by atoms with Gasteiger partial charge in [-0.2, -0.15) is 18.3 Å². The van der Waals surface area contributed by atoms with Crippen LogP contribution in [0.1, 0.15) is 25.0 Å². The van der Waals surface area contributed by atoms with Gasteiger partial charge in [0.05, 0.1) is 36.1 Å². The number of fused-ring (bicyclic) bond motifs is 3. The van der Waals surface area contributed by atoms with Gasteiger partial charge in [-0.05, 0) is 12.5 Å². The monoisotopic (exact) mass is 474 g/mol. The Labute approximate surface area is 183 Å². The number of anilines is 2. The highest BCUT2D eigenvalue weighted by Crippen LogP contribution is 2.45. The molecule has 0 fully saturated rings. The molecule has 0 saturated heterocycles. The number of amides is 2. The van der Waals surface area contributed by atoms with Crippen molar-refractivity contribution >= 4 is 46.3 Å². The number of carbonyl (C=O) groups excluding carboxylic acids is 1. The summed E-state index contributed by atoms with van der Waals surface area (Å²) in [6.45, 7) is 1.70. The first-order valence-electron chi connectivity index (χ1n) is 9.16. The summed E-state index contributed by atoms with van der Waals surface area (Å²) in [6.07, 6.45) is -1.35. The first-order chi connectivity index (χ1) is 14.7. The average molecular weight is 475 g/mol. The number of rotatable bonds is 4. The minimum atomic E-state index is -4.61. The fourth-order valence-corrected chi connectivity index (χ4v) is 3.65. The number of hydrogen-bond acceptors (Lipinski definition) is 5. The summed E-state index contributed by atoms with van der Waals surface area (Å²) in [6, 6.07) is 1.95. The van der Waals surface area contributed by atoms with Crippen LogP contribution in [0.2, 0.25) is 10.2 Å². The summed E-state index contributed by atoms with van der Waals surface area (Å²) in [4.78, 5) is 21.9. The van der Waals surface area contributed by atoms with E-state index < -0.39 is 24.7 Å². The lowest BCUT2D eigenvalue weighted by molar-refractivity contribution is -0.147. The van der Waals surface area contributed by atoms with E-state index in [1.54, 1.807) is 0 Å². The number of hydrogen-bond donors (Lipinski definition) is 1. The fraction of sp³-hybridized carbons (Fsp3) is 0.333. The van der Waals surface area contributed by atoms with Crippen molar-refractivity contribution in [3.63, 3.8) is 0 Å². The molecular formula is C18H15Cl2F3N6O2. The molecule has 0 spiro atoms. The predicted molar refractivity (Wildman–Crippen MR) is 108 cm³/mol. The lowest BCUT2D eigenvalue weighted by atomic mass is 10.1. The highest BCUT2D eigenvalue weighted by molar-refractivity contribution is 6.32. The molecule has 1 N–H and O–H groups in total. The molecule has 3 aromatic heterocycles. The van der Waals surface area contributed by atoms with Crippen molar-refractivity contribution < 1.29 is 22.7 Å². The Balaban J connectivity index is 1.64. The first kappa shape index (κ1) is 21.4. The molecule has 0 saturated carbocycles. The van der Waals surface area contributed by atoms with Crippen molar-refractivity contribution in [1.82, 2.24) is 19.6 Å².